The first-order chi connectivity index (χ1) is 12.4. The van der Waals surface area contributed by atoms with Crippen LogP contribution in [0.3, 0.4) is 0 Å². The van der Waals surface area contributed by atoms with Crippen LogP contribution < -0.4 is 0 Å². The molecule has 0 aliphatic carbocycles. The molecule has 3 rings (SSSR count). The Morgan fingerprint density at radius 1 is 0.769 bits per heavy atom. The molecule has 26 heavy (non-hydrogen) atoms. The topological polar surface area (TPSA) is 17.1 Å². The lowest BCUT2D eigenvalue weighted by Crippen LogP contribution is -2.11. The number of carbonyl (C=O) groups is 1. The third-order valence-corrected chi connectivity index (χ3v) is 4.30. The summed E-state index contributed by atoms with van der Waals surface area (Å²) in [5, 5.41) is 0. The van der Waals surface area contributed by atoms with E-state index in [2.05, 4.69) is 0 Å². The van der Waals surface area contributed by atoms with E-state index in [1.807, 2.05) is 36.4 Å². The van der Waals surface area contributed by atoms with Crippen LogP contribution in [0.25, 0.3) is 0 Å². The van der Waals surface area contributed by atoms with E-state index in [1.54, 1.807) is 30.3 Å². The molecule has 0 aliphatic rings. The molecule has 0 spiro atoms. The van der Waals surface area contributed by atoms with Crippen molar-refractivity contribution in [2.75, 3.05) is 0 Å². The largest absolute Gasteiger partial charge is 0.416 e. The van der Waals surface area contributed by atoms with Crippen LogP contribution in [0, 0.1) is 0 Å². The van der Waals surface area contributed by atoms with E-state index in [0.29, 0.717) is 11.1 Å². The van der Waals surface area contributed by atoms with Gasteiger partial charge in [-0.1, -0.05) is 78.9 Å². The average Bonchev–Trinajstić information content (AvgIpc) is 2.67. The first-order valence-corrected chi connectivity index (χ1v) is 8.25. The SMILES string of the molecule is O=C(CC(c1ccccc1)c1cccc(C(F)(F)F)c1)c1ccccc1. The quantitative estimate of drug-likeness (QED) is 0.505. The molecule has 1 unspecified atom stereocenters. The van der Waals surface area contributed by atoms with Crippen molar-refractivity contribution in [2.24, 2.45) is 0 Å². The second-order valence-corrected chi connectivity index (χ2v) is 6.08. The van der Waals surface area contributed by atoms with Gasteiger partial charge in [0.1, 0.15) is 0 Å². The highest BCUT2D eigenvalue weighted by Gasteiger charge is 2.31. The molecular formula is C22H17F3O. The second kappa shape index (κ2) is 7.56. The number of benzene rings is 3. The standard InChI is InChI=1S/C22H17F3O/c23-22(24,25)19-13-7-12-18(14-19)20(16-8-3-1-4-9-16)15-21(26)17-10-5-2-6-11-17/h1-14,20H,15H2. The number of ketones is 1. The smallest absolute Gasteiger partial charge is 0.294 e. The highest BCUT2D eigenvalue weighted by molar-refractivity contribution is 5.96. The van der Waals surface area contributed by atoms with Crippen molar-refractivity contribution in [3.8, 4) is 0 Å². The zero-order valence-electron chi connectivity index (χ0n) is 13.9. The molecule has 3 aromatic carbocycles. The summed E-state index contributed by atoms with van der Waals surface area (Å²) in [6, 6.07) is 23.2. The second-order valence-electron chi connectivity index (χ2n) is 6.08. The Kier molecular flexibility index (Phi) is 5.21. The fourth-order valence-electron chi connectivity index (χ4n) is 2.97. The molecule has 0 N–H and O–H groups in total. The van der Waals surface area contributed by atoms with Crippen LogP contribution in [-0.2, 0) is 6.18 Å². The minimum atomic E-state index is -4.42. The van der Waals surface area contributed by atoms with E-state index in [-0.39, 0.29) is 12.2 Å². The highest BCUT2D eigenvalue weighted by atomic mass is 19.4. The molecule has 0 radical (unpaired) electrons. The van der Waals surface area contributed by atoms with Crippen LogP contribution in [0.15, 0.2) is 84.9 Å². The fraction of sp³-hybridized carbons (Fsp3) is 0.136. The number of alkyl halides is 3. The summed E-state index contributed by atoms with van der Waals surface area (Å²) in [4.78, 5) is 12.7. The van der Waals surface area contributed by atoms with Gasteiger partial charge in [0.25, 0.3) is 0 Å². The molecule has 0 heterocycles. The predicted molar refractivity (Wildman–Crippen MR) is 95.1 cm³/mol. The summed E-state index contributed by atoms with van der Waals surface area (Å²) in [7, 11) is 0. The maximum atomic E-state index is 13.1. The maximum Gasteiger partial charge on any atom is 0.416 e. The summed E-state index contributed by atoms with van der Waals surface area (Å²) in [5.41, 5.74) is 1.15. The zero-order chi connectivity index (χ0) is 18.6. The zero-order valence-corrected chi connectivity index (χ0v) is 13.9. The van der Waals surface area contributed by atoms with Gasteiger partial charge in [0, 0.05) is 17.9 Å². The van der Waals surface area contributed by atoms with E-state index in [1.165, 1.54) is 6.07 Å². The number of carbonyl (C=O) groups excluding carboxylic acids is 1. The van der Waals surface area contributed by atoms with Crippen molar-refractivity contribution in [2.45, 2.75) is 18.5 Å². The van der Waals surface area contributed by atoms with E-state index in [4.69, 9.17) is 0 Å². The van der Waals surface area contributed by atoms with Crippen molar-refractivity contribution < 1.29 is 18.0 Å². The Balaban J connectivity index is 1.99. The van der Waals surface area contributed by atoms with Gasteiger partial charge in [-0.2, -0.15) is 13.2 Å². The molecule has 0 amide bonds. The number of rotatable bonds is 5. The van der Waals surface area contributed by atoms with Crippen LogP contribution in [-0.4, -0.2) is 5.78 Å². The van der Waals surface area contributed by atoms with Gasteiger partial charge in [0.15, 0.2) is 5.78 Å². The van der Waals surface area contributed by atoms with E-state index >= 15 is 0 Å². The third-order valence-electron chi connectivity index (χ3n) is 4.30. The van der Waals surface area contributed by atoms with Crippen molar-refractivity contribution in [3.05, 3.63) is 107 Å². The first-order valence-electron chi connectivity index (χ1n) is 8.25. The van der Waals surface area contributed by atoms with Crippen LogP contribution in [0.4, 0.5) is 13.2 Å². The first kappa shape index (κ1) is 17.9. The Bertz CT molecular complexity index is 871. The van der Waals surface area contributed by atoms with Crippen molar-refractivity contribution in [3.63, 3.8) is 0 Å². The number of hydrogen-bond donors (Lipinski definition) is 0. The van der Waals surface area contributed by atoms with Gasteiger partial charge in [0.05, 0.1) is 5.56 Å². The summed E-state index contributed by atoms with van der Waals surface area (Å²) in [6.07, 6.45) is -4.31. The molecule has 1 atom stereocenters. The molecule has 0 saturated carbocycles. The van der Waals surface area contributed by atoms with Crippen molar-refractivity contribution in [1.82, 2.24) is 0 Å². The van der Waals surface area contributed by atoms with Gasteiger partial charge in [-0.25, -0.2) is 0 Å². The Morgan fingerprint density at radius 3 is 1.96 bits per heavy atom. The Labute approximate surface area is 150 Å². The molecular weight excluding hydrogens is 337 g/mol. The van der Waals surface area contributed by atoms with Gasteiger partial charge in [-0.05, 0) is 17.2 Å². The summed E-state index contributed by atoms with van der Waals surface area (Å²) in [6.45, 7) is 0. The molecule has 3 aromatic rings. The minimum absolute atomic E-state index is 0.100. The molecule has 0 aromatic heterocycles. The normalized spacial score (nSPS) is 12.6. The van der Waals surface area contributed by atoms with Gasteiger partial charge in [0.2, 0.25) is 0 Å². The maximum absolute atomic E-state index is 13.1. The van der Waals surface area contributed by atoms with Crippen molar-refractivity contribution in [1.29, 1.82) is 0 Å². The molecule has 0 aliphatic heterocycles. The lowest BCUT2D eigenvalue weighted by Gasteiger charge is -2.19. The van der Waals surface area contributed by atoms with Crippen LogP contribution in [0.5, 0.6) is 0 Å². The monoisotopic (exact) mass is 354 g/mol. The van der Waals surface area contributed by atoms with Gasteiger partial charge >= 0.3 is 6.18 Å². The van der Waals surface area contributed by atoms with Crippen molar-refractivity contribution >= 4 is 5.78 Å². The lowest BCUT2D eigenvalue weighted by molar-refractivity contribution is -0.137. The number of hydrogen-bond acceptors (Lipinski definition) is 1. The van der Waals surface area contributed by atoms with Gasteiger partial charge in [-0.15, -0.1) is 0 Å². The molecule has 0 fully saturated rings. The predicted octanol–water partition coefficient (Wildman–Crippen LogP) is 6.11. The Morgan fingerprint density at radius 2 is 1.35 bits per heavy atom. The lowest BCUT2D eigenvalue weighted by atomic mass is 9.85. The van der Waals surface area contributed by atoms with E-state index < -0.39 is 17.7 Å². The van der Waals surface area contributed by atoms with Crippen LogP contribution in [0.2, 0.25) is 0 Å². The molecule has 132 valence electrons. The van der Waals surface area contributed by atoms with E-state index in [0.717, 1.165) is 17.7 Å². The number of halogens is 3. The summed E-state index contributed by atoms with van der Waals surface area (Å²) < 4.78 is 39.3. The summed E-state index contributed by atoms with van der Waals surface area (Å²) >= 11 is 0. The summed E-state index contributed by atoms with van der Waals surface area (Å²) in [5.74, 6) is -0.539. The third kappa shape index (κ3) is 4.20. The van der Waals surface area contributed by atoms with Crippen LogP contribution in [0.1, 0.15) is 39.4 Å². The van der Waals surface area contributed by atoms with E-state index in [9.17, 15) is 18.0 Å². The number of Topliss-reactive ketones (excluding diaryl/α,β-unsaturated/α-hetero) is 1. The molecule has 1 nitrogen and oxygen atoms in total. The molecule has 0 bridgehead atoms. The van der Waals surface area contributed by atoms with Gasteiger partial charge in [-0.3, -0.25) is 4.79 Å². The molecule has 4 heteroatoms. The molecule has 0 saturated heterocycles. The Hall–Kier alpha value is -2.88. The highest BCUT2D eigenvalue weighted by Crippen LogP contribution is 2.34. The van der Waals surface area contributed by atoms with Crippen LogP contribution >= 0.6 is 0 Å². The minimum Gasteiger partial charge on any atom is -0.294 e. The average molecular weight is 354 g/mol. The fourth-order valence-corrected chi connectivity index (χ4v) is 2.97. The van der Waals surface area contributed by atoms with Gasteiger partial charge < -0.3 is 0 Å².